The van der Waals surface area contributed by atoms with Crippen LogP contribution in [0, 0.1) is 0 Å². The monoisotopic (exact) mass is 707 g/mol. The van der Waals surface area contributed by atoms with E-state index in [1.54, 1.807) is 0 Å². The Morgan fingerprint density at radius 1 is 0.352 bits per heavy atom. The molecule has 54 heavy (non-hydrogen) atoms. The van der Waals surface area contributed by atoms with Gasteiger partial charge in [0, 0.05) is 64.8 Å². The Labute approximate surface area is 316 Å². The van der Waals surface area contributed by atoms with Crippen LogP contribution in [0.4, 0.5) is 17.1 Å². The van der Waals surface area contributed by atoms with Gasteiger partial charge in [0.15, 0.2) is 0 Å². The van der Waals surface area contributed by atoms with Gasteiger partial charge in [0.2, 0.25) is 0 Å². The summed E-state index contributed by atoms with van der Waals surface area (Å²) in [5, 5.41) is 6.33. The average molecular weight is 708 g/mol. The highest BCUT2D eigenvalue weighted by atomic mass is 32.1. The Morgan fingerprint density at radius 3 is 1.50 bits per heavy atom. The van der Waals surface area contributed by atoms with E-state index in [-0.39, 0.29) is 0 Å². The predicted octanol–water partition coefficient (Wildman–Crippen LogP) is 14.2. The second kappa shape index (κ2) is 12.4. The molecule has 0 saturated carbocycles. The van der Waals surface area contributed by atoms with Gasteiger partial charge in [-0.3, -0.25) is 9.13 Å². The fourth-order valence-electron chi connectivity index (χ4n) is 8.28. The Morgan fingerprint density at radius 2 is 0.852 bits per heavy atom. The molecule has 0 N–H and O–H groups in total. The zero-order valence-electron chi connectivity index (χ0n) is 29.3. The normalized spacial score (nSPS) is 11.7. The fraction of sp³-hybridized carbons (Fsp3) is 0. The van der Waals surface area contributed by atoms with Crippen LogP contribution in [0.3, 0.4) is 0 Å². The molecule has 0 aliphatic carbocycles. The number of fused-ring (bicyclic) bond motifs is 8. The van der Waals surface area contributed by atoms with E-state index < -0.39 is 0 Å². The van der Waals surface area contributed by atoms with Gasteiger partial charge in [0.1, 0.15) is 5.65 Å². The predicted molar refractivity (Wildman–Crippen MR) is 231 cm³/mol. The second-order valence-corrected chi connectivity index (χ2v) is 14.9. The number of para-hydroxylation sites is 4. The molecule has 4 heteroatoms. The highest BCUT2D eigenvalue weighted by molar-refractivity contribution is 7.25. The molecule has 0 aliphatic heterocycles. The van der Waals surface area contributed by atoms with Crippen LogP contribution in [0.1, 0.15) is 0 Å². The van der Waals surface area contributed by atoms with E-state index in [0.29, 0.717) is 0 Å². The summed E-state index contributed by atoms with van der Waals surface area (Å²) in [6.45, 7) is 0. The molecule has 11 aromatic rings. The molecule has 0 aliphatic rings. The SMILES string of the molecule is c1ccc(N(c2ccccc2)c2ccc3c4c5ccc(-c6ccc7sc8ccccc8c7c6)cc5n(-c5ccccc5)c4n(-c4ccccc4)c3c2)cc1. The molecule has 254 valence electrons. The number of thiophene rings is 1. The Bertz CT molecular complexity index is 3100. The van der Waals surface area contributed by atoms with Gasteiger partial charge >= 0.3 is 0 Å². The second-order valence-electron chi connectivity index (χ2n) is 13.8. The topological polar surface area (TPSA) is 13.1 Å². The van der Waals surface area contributed by atoms with E-state index >= 15 is 0 Å². The number of aromatic nitrogens is 2. The number of nitrogens with zero attached hydrogens (tertiary/aromatic N) is 3. The lowest BCUT2D eigenvalue weighted by Gasteiger charge is -2.25. The summed E-state index contributed by atoms with van der Waals surface area (Å²) >= 11 is 1.86. The standard InChI is InChI=1S/C50H33N3S/c1-5-15-36(16-6-1)51(37-17-7-2-8-18-37)40-27-29-43-46(33-40)53(39-21-11-4-12-22-39)50-49(43)42-28-25-35(32-45(42)52(50)38-19-9-3-10-20-38)34-26-30-48-44(31-34)41-23-13-14-24-47(41)54-48/h1-33H. The van der Waals surface area contributed by atoms with Gasteiger partial charge in [-0.05, 0) is 96.1 Å². The molecule has 0 amide bonds. The largest absolute Gasteiger partial charge is 0.310 e. The van der Waals surface area contributed by atoms with Crippen molar-refractivity contribution < 1.29 is 0 Å². The minimum absolute atomic E-state index is 1.10. The van der Waals surface area contributed by atoms with Crippen molar-refractivity contribution in [2.45, 2.75) is 0 Å². The lowest BCUT2D eigenvalue weighted by molar-refractivity contribution is 1.07. The van der Waals surface area contributed by atoms with E-state index in [1.807, 2.05) is 11.3 Å². The van der Waals surface area contributed by atoms with Crippen LogP contribution in [0.5, 0.6) is 0 Å². The zero-order chi connectivity index (χ0) is 35.6. The highest BCUT2D eigenvalue weighted by Gasteiger charge is 2.24. The van der Waals surface area contributed by atoms with Crippen molar-refractivity contribution in [1.82, 2.24) is 9.13 Å². The van der Waals surface area contributed by atoms with Crippen LogP contribution >= 0.6 is 11.3 Å². The van der Waals surface area contributed by atoms with Gasteiger partial charge in [-0.25, -0.2) is 0 Å². The van der Waals surface area contributed by atoms with Gasteiger partial charge in [0.05, 0.1) is 11.0 Å². The van der Waals surface area contributed by atoms with Crippen molar-refractivity contribution >= 4 is 81.4 Å². The first-order valence-electron chi connectivity index (χ1n) is 18.4. The molecule has 0 radical (unpaired) electrons. The van der Waals surface area contributed by atoms with Crippen molar-refractivity contribution in [3.05, 3.63) is 200 Å². The van der Waals surface area contributed by atoms with E-state index in [0.717, 1.165) is 39.6 Å². The minimum atomic E-state index is 1.10. The maximum absolute atomic E-state index is 2.46. The third-order valence-corrected chi connectivity index (χ3v) is 11.8. The molecule has 0 atom stereocenters. The summed E-state index contributed by atoms with van der Waals surface area (Å²) in [5.41, 5.74) is 11.5. The molecule has 3 nitrogen and oxygen atoms in total. The first-order chi connectivity index (χ1) is 26.8. The summed E-state index contributed by atoms with van der Waals surface area (Å²) in [5.74, 6) is 0. The number of hydrogen-bond donors (Lipinski definition) is 0. The number of anilines is 3. The summed E-state index contributed by atoms with van der Waals surface area (Å²) < 4.78 is 7.57. The minimum Gasteiger partial charge on any atom is -0.310 e. The average Bonchev–Trinajstić information content (AvgIpc) is 3.89. The zero-order valence-corrected chi connectivity index (χ0v) is 30.1. The van der Waals surface area contributed by atoms with E-state index in [4.69, 9.17) is 0 Å². The van der Waals surface area contributed by atoms with Crippen molar-refractivity contribution in [2.24, 2.45) is 0 Å². The van der Waals surface area contributed by atoms with Crippen LogP contribution in [-0.4, -0.2) is 9.13 Å². The quantitative estimate of drug-likeness (QED) is 0.168. The molecule has 0 spiro atoms. The Hall–Kier alpha value is -6.88. The van der Waals surface area contributed by atoms with Crippen molar-refractivity contribution in [2.75, 3.05) is 4.90 Å². The number of hydrogen-bond acceptors (Lipinski definition) is 2. The van der Waals surface area contributed by atoms with Gasteiger partial charge in [-0.15, -0.1) is 11.3 Å². The first kappa shape index (κ1) is 30.7. The maximum atomic E-state index is 2.46. The molecular formula is C50H33N3S. The maximum Gasteiger partial charge on any atom is 0.131 e. The summed E-state index contributed by atoms with van der Waals surface area (Å²) in [6.07, 6.45) is 0. The Kier molecular flexibility index (Phi) is 7.04. The number of benzene rings is 8. The van der Waals surface area contributed by atoms with Gasteiger partial charge in [-0.2, -0.15) is 0 Å². The highest BCUT2D eigenvalue weighted by Crippen LogP contribution is 2.45. The van der Waals surface area contributed by atoms with Gasteiger partial charge < -0.3 is 4.90 Å². The fourth-order valence-corrected chi connectivity index (χ4v) is 9.37. The third kappa shape index (κ3) is 4.81. The van der Waals surface area contributed by atoms with Gasteiger partial charge in [-0.1, -0.05) is 115 Å². The first-order valence-corrected chi connectivity index (χ1v) is 19.2. The third-order valence-electron chi connectivity index (χ3n) is 10.7. The van der Waals surface area contributed by atoms with E-state index in [2.05, 4.69) is 214 Å². The molecule has 3 aromatic heterocycles. The summed E-state index contributed by atoms with van der Waals surface area (Å²) in [6, 6.07) is 72.6. The summed E-state index contributed by atoms with van der Waals surface area (Å²) in [7, 11) is 0. The van der Waals surface area contributed by atoms with Crippen LogP contribution < -0.4 is 4.90 Å². The number of rotatable bonds is 6. The Balaban J connectivity index is 1.21. The lowest BCUT2D eigenvalue weighted by atomic mass is 10.0. The van der Waals surface area contributed by atoms with Crippen molar-refractivity contribution in [3.63, 3.8) is 0 Å². The van der Waals surface area contributed by atoms with Crippen LogP contribution in [0.15, 0.2) is 200 Å². The molecule has 3 heterocycles. The van der Waals surface area contributed by atoms with E-state index in [1.165, 1.54) is 53.0 Å². The molecule has 11 rings (SSSR count). The molecule has 0 saturated heterocycles. The van der Waals surface area contributed by atoms with Crippen LogP contribution in [0.2, 0.25) is 0 Å². The smallest absolute Gasteiger partial charge is 0.131 e. The molecular weight excluding hydrogens is 675 g/mol. The van der Waals surface area contributed by atoms with Crippen molar-refractivity contribution in [1.29, 1.82) is 0 Å². The van der Waals surface area contributed by atoms with Crippen LogP contribution in [-0.2, 0) is 0 Å². The molecule has 0 fully saturated rings. The molecule has 0 bridgehead atoms. The summed E-state index contributed by atoms with van der Waals surface area (Å²) in [4.78, 5) is 2.34. The molecule has 8 aromatic carbocycles. The van der Waals surface area contributed by atoms with Gasteiger partial charge in [0.25, 0.3) is 0 Å². The molecule has 0 unspecified atom stereocenters. The van der Waals surface area contributed by atoms with Crippen molar-refractivity contribution in [3.8, 4) is 22.5 Å². The van der Waals surface area contributed by atoms with Crippen LogP contribution in [0.25, 0.3) is 75.5 Å². The van der Waals surface area contributed by atoms with E-state index in [9.17, 15) is 0 Å². The lowest BCUT2D eigenvalue weighted by Crippen LogP contribution is -2.10.